The molecule has 1 aliphatic heterocycles. The van der Waals surface area contributed by atoms with E-state index < -0.39 is 30.6 Å². The summed E-state index contributed by atoms with van der Waals surface area (Å²) < 4.78 is 6.97. The lowest BCUT2D eigenvalue weighted by Crippen LogP contribution is -2.44. The summed E-state index contributed by atoms with van der Waals surface area (Å²) >= 11 is 0. The topological polar surface area (TPSA) is 140 Å². The molecule has 0 spiro atoms. The van der Waals surface area contributed by atoms with E-state index in [-0.39, 0.29) is 5.95 Å². The Hall–Kier alpha value is -1.81. The van der Waals surface area contributed by atoms with Gasteiger partial charge in [-0.25, -0.2) is 9.97 Å². The Bertz CT molecular complexity index is 643. The molecule has 9 heteroatoms. The second kappa shape index (κ2) is 4.35. The number of hydrogen-bond acceptors (Lipinski definition) is 8. The molecule has 3 heterocycles. The van der Waals surface area contributed by atoms with Crippen LogP contribution in [0, 0.1) is 0 Å². The third-order valence-electron chi connectivity index (χ3n) is 3.52. The molecular formula is C11H15N5O4. The maximum atomic E-state index is 10.4. The molecule has 108 valence electrons. The van der Waals surface area contributed by atoms with E-state index in [2.05, 4.69) is 15.0 Å². The molecule has 0 saturated carbocycles. The lowest BCUT2D eigenvalue weighted by Gasteiger charge is -2.27. The lowest BCUT2D eigenvalue weighted by atomic mass is 9.96. The largest absolute Gasteiger partial charge is 0.394 e. The van der Waals surface area contributed by atoms with Crippen LogP contribution < -0.4 is 5.73 Å². The number of aliphatic hydroxyl groups excluding tert-OH is 2. The first-order valence-corrected chi connectivity index (χ1v) is 6.07. The molecule has 4 atom stereocenters. The van der Waals surface area contributed by atoms with Crippen molar-refractivity contribution in [3.8, 4) is 0 Å². The van der Waals surface area contributed by atoms with E-state index in [9.17, 15) is 15.3 Å². The summed E-state index contributed by atoms with van der Waals surface area (Å²) in [6, 6.07) is 0. The number of ether oxygens (including phenoxy) is 1. The van der Waals surface area contributed by atoms with Crippen molar-refractivity contribution in [2.75, 3.05) is 12.3 Å². The fourth-order valence-electron chi connectivity index (χ4n) is 2.40. The van der Waals surface area contributed by atoms with Crippen LogP contribution >= 0.6 is 0 Å². The summed E-state index contributed by atoms with van der Waals surface area (Å²) in [5.74, 6) is 0.0659. The number of hydrogen-bond donors (Lipinski definition) is 4. The molecule has 1 aliphatic rings. The van der Waals surface area contributed by atoms with E-state index in [0.717, 1.165) is 0 Å². The molecule has 2 aromatic rings. The van der Waals surface area contributed by atoms with Gasteiger partial charge in [-0.15, -0.1) is 0 Å². The number of nitrogen functional groups attached to an aromatic ring is 1. The van der Waals surface area contributed by atoms with E-state index in [4.69, 9.17) is 10.5 Å². The van der Waals surface area contributed by atoms with Gasteiger partial charge in [0.1, 0.15) is 23.3 Å². The van der Waals surface area contributed by atoms with Crippen molar-refractivity contribution in [2.24, 2.45) is 0 Å². The summed E-state index contributed by atoms with van der Waals surface area (Å²) in [5, 5.41) is 29.6. The first-order valence-electron chi connectivity index (χ1n) is 6.07. The molecule has 3 rings (SSSR count). The van der Waals surface area contributed by atoms with E-state index >= 15 is 0 Å². The van der Waals surface area contributed by atoms with E-state index in [1.807, 2.05) is 0 Å². The van der Waals surface area contributed by atoms with Crippen molar-refractivity contribution >= 4 is 17.1 Å². The molecule has 0 aromatic carbocycles. The fourth-order valence-corrected chi connectivity index (χ4v) is 2.40. The highest BCUT2D eigenvalue weighted by Gasteiger charge is 2.53. The third kappa shape index (κ3) is 1.75. The Kier molecular flexibility index (Phi) is 2.87. The smallest absolute Gasteiger partial charge is 0.222 e. The molecule has 20 heavy (non-hydrogen) atoms. The van der Waals surface area contributed by atoms with Crippen LogP contribution in [0.15, 0.2) is 12.5 Å². The second-order valence-electron chi connectivity index (χ2n) is 4.97. The van der Waals surface area contributed by atoms with Gasteiger partial charge < -0.3 is 25.8 Å². The Morgan fingerprint density at radius 3 is 2.90 bits per heavy atom. The number of imidazole rings is 1. The van der Waals surface area contributed by atoms with Crippen molar-refractivity contribution in [3.63, 3.8) is 0 Å². The van der Waals surface area contributed by atoms with Crippen molar-refractivity contribution in [1.82, 2.24) is 19.5 Å². The van der Waals surface area contributed by atoms with Crippen LogP contribution in [0.3, 0.4) is 0 Å². The highest BCUT2D eigenvalue weighted by Crippen LogP contribution is 2.39. The van der Waals surface area contributed by atoms with Gasteiger partial charge in [0.2, 0.25) is 5.95 Å². The van der Waals surface area contributed by atoms with Gasteiger partial charge in [0.05, 0.1) is 19.1 Å². The predicted octanol–water partition coefficient (Wildman–Crippen LogP) is -1.59. The number of rotatable bonds is 2. The van der Waals surface area contributed by atoms with Gasteiger partial charge in [0, 0.05) is 0 Å². The quantitative estimate of drug-likeness (QED) is 0.516. The minimum absolute atomic E-state index is 0.0659. The highest BCUT2D eigenvalue weighted by atomic mass is 16.6. The molecule has 1 saturated heterocycles. The number of aromatic nitrogens is 4. The molecular weight excluding hydrogens is 266 g/mol. The third-order valence-corrected chi connectivity index (χ3v) is 3.52. The molecule has 1 fully saturated rings. The minimum atomic E-state index is -1.60. The van der Waals surface area contributed by atoms with Crippen LogP contribution in [0.2, 0.25) is 0 Å². The van der Waals surface area contributed by atoms with Crippen molar-refractivity contribution in [1.29, 1.82) is 0 Å². The highest BCUT2D eigenvalue weighted by molar-refractivity contribution is 5.70. The first kappa shape index (κ1) is 13.2. The van der Waals surface area contributed by atoms with Gasteiger partial charge in [-0.3, -0.25) is 4.57 Å². The van der Waals surface area contributed by atoms with Gasteiger partial charge in [-0.2, -0.15) is 4.98 Å². The Balaban J connectivity index is 2.09. The van der Waals surface area contributed by atoms with Crippen LogP contribution in [-0.4, -0.2) is 59.3 Å². The van der Waals surface area contributed by atoms with Gasteiger partial charge >= 0.3 is 0 Å². The molecule has 9 nitrogen and oxygen atoms in total. The molecule has 0 amide bonds. The minimum Gasteiger partial charge on any atom is -0.394 e. The number of nitrogens with two attached hydrogens (primary N) is 1. The Morgan fingerprint density at radius 2 is 2.25 bits per heavy atom. The average Bonchev–Trinajstić information content (AvgIpc) is 2.90. The van der Waals surface area contributed by atoms with Gasteiger partial charge in [0.25, 0.3) is 0 Å². The molecule has 0 aliphatic carbocycles. The normalized spacial score (nSPS) is 33.9. The Labute approximate surface area is 113 Å². The second-order valence-corrected chi connectivity index (χ2v) is 4.97. The average molecular weight is 281 g/mol. The number of aliphatic hydroxyl groups is 3. The van der Waals surface area contributed by atoms with Gasteiger partial charge in [-0.1, -0.05) is 0 Å². The van der Waals surface area contributed by atoms with E-state index in [1.54, 1.807) is 0 Å². The number of anilines is 1. The summed E-state index contributed by atoms with van der Waals surface area (Å²) in [6.45, 7) is 1.02. The maximum Gasteiger partial charge on any atom is 0.222 e. The zero-order valence-corrected chi connectivity index (χ0v) is 10.7. The summed E-state index contributed by atoms with van der Waals surface area (Å²) in [5.41, 5.74) is 4.82. The summed E-state index contributed by atoms with van der Waals surface area (Å²) in [6.07, 6.45) is -0.169. The molecule has 5 N–H and O–H groups in total. The molecule has 0 radical (unpaired) electrons. The zero-order valence-electron chi connectivity index (χ0n) is 10.7. The van der Waals surface area contributed by atoms with Crippen LogP contribution in [0.4, 0.5) is 5.95 Å². The summed E-state index contributed by atoms with van der Waals surface area (Å²) in [7, 11) is 0. The SMILES string of the molecule is C[C@]1(O)C(O)[C@@H](CO)O[C@H]1n1cnc2cnc(N)nc21. The van der Waals surface area contributed by atoms with Crippen LogP contribution in [0.25, 0.3) is 11.2 Å². The number of nitrogens with zero attached hydrogens (tertiary/aromatic N) is 4. The Morgan fingerprint density at radius 1 is 1.50 bits per heavy atom. The van der Waals surface area contributed by atoms with Gasteiger partial charge in [-0.05, 0) is 6.92 Å². The first-order chi connectivity index (χ1) is 9.45. The summed E-state index contributed by atoms with van der Waals surface area (Å²) in [4.78, 5) is 12.0. The van der Waals surface area contributed by atoms with Crippen LogP contribution in [0.1, 0.15) is 13.2 Å². The van der Waals surface area contributed by atoms with Crippen LogP contribution in [0.5, 0.6) is 0 Å². The van der Waals surface area contributed by atoms with E-state index in [0.29, 0.717) is 11.2 Å². The van der Waals surface area contributed by atoms with Gasteiger partial charge in [0.15, 0.2) is 11.9 Å². The zero-order chi connectivity index (χ0) is 14.5. The van der Waals surface area contributed by atoms with E-state index in [1.165, 1.54) is 24.0 Å². The van der Waals surface area contributed by atoms with Crippen LogP contribution in [-0.2, 0) is 4.74 Å². The monoisotopic (exact) mass is 281 g/mol. The number of fused-ring (bicyclic) bond motifs is 1. The van der Waals surface area contributed by atoms with Crippen molar-refractivity contribution < 1.29 is 20.1 Å². The molecule has 0 bridgehead atoms. The molecule has 1 unspecified atom stereocenters. The fraction of sp³-hybridized carbons (Fsp3) is 0.545. The van der Waals surface area contributed by atoms with Crippen molar-refractivity contribution in [2.45, 2.75) is 31.0 Å². The molecule has 2 aromatic heterocycles. The maximum absolute atomic E-state index is 10.4. The van der Waals surface area contributed by atoms with Crippen molar-refractivity contribution in [3.05, 3.63) is 12.5 Å². The lowest BCUT2D eigenvalue weighted by molar-refractivity contribution is -0.0950. The predicted molar refractivity (Wildman–Crippen MR) is 67.4 cm³/mol. The standard InChI is InChI=1S/C11H15N5O4/c1-11(19)7(18)6(3-17)20-9(11)16-4-14-5-2-13-10(12)15-8(5)16/h2,4,6-7,9,17-19H,3H2,1H3,(H2,12,13,15)/t6-,7?,9-,11+/m1/s1.